The van der Waals surface area contributed by atoms with Gasteiger partial charge in [-0.1, -0.05) is 26.8 Å². The van der Waals surface area contributed by atoms with E-state index in [1.807, 2.05) is 0 Å². The van der Waals surface area contributed by atoms with Crippen LogP contribution in [0.25, 0.3) is 0 Å². The first-order valence-electron chi connectivity index (χ1n) is 8.72. The third-order valence-corrected chi connectivity index (χ3v) is 9.48. The molecule has 1 amide bonds. The van der Waals surface area contributed by atoms with E-state index in [9.17, 15) is 4.79 Å². The smallest absolute Gasteiger partial charge is 0.277 e. The van der Waals surface area contributed by atoms with Gasteiger partial charge in [0, 0.05) is 7.05 Å². The molecule has 1 heterocycles. The van der Waals surface area contributed by atoms with Crippen LogP contribution >= 0.6 is 0 Å². The van der Waals surface area contributed by atoms with Crippen LogP contribution in [0.3, 0.4) is 0 Å². The van der Waals surface area contributed by atoms with Crippen molar-refractivity contribution in [3.05, 3.63) is 12.7 Å². The van der Waals surface area contributed by atoms with E-state index in [-0.39, 0.29) is 17.0 Å². The van der Waals surface area contributed by atoms with E-state index in [4.69, 9.17) is 18.7 Å². The number of likely N-dealkylation sites (N-methyl/N-ethyl adjacent to an activating group) is 1. The lowest BCUT2D eigenvalue weighted by molar-refractivity contribution is -0.187. The van der Waals surface area contributed by atoms with Crippen molar-refractivity contribution < 1.29 is 23.5 Å². The zero-order chi connectivity index (χ0) is 19.6. The van der Waals surface area contributed by atoms with E-state index in [1.165, 1.54) is 12.2 Å². The van der Waals surface area contributed by atoms with Gasteiger partial charge in [-0.3, -0.25) is 9.63 Å². The zero-order valence-corrected chi connectivity index (χ0v) is 18.2. The first kappa shape index (κ1) is 22.3. The molecular formula is C18H35NO5Si. The van der Waals surface area contributed by atoms with Crippen molar-refractivity contribution in [3.63, 3.8) is 0 Å². The van der Waals surface area contributed by atoms with Crippen LogP contribution < -0.4 is 0 Å². The summed E-state index contributed by atoms with van der Waals surface area (Å²) < 4.78 is 18.5. The summed E-state index contributed by atoms with van der Waals surface area (Å²) in [6, 6.07) is 0. The average Bonchev–Trinajstić information content (AvgIpc) is 2.79. The fraction of sp³-hybridized carbons (Fsp3) is 0.833. The standard InChI is InChI=1S/C18H35NO5Si/c1-11-12-13(24-25(9,10)17(2,3)4)14-15(16(20)19(7)21-8)23-18(5,6)22-14/h11,13-15H,1,12H2,2-10H3/t13-,14-,15-/m0/s1. The summed E-state index contributed by atoms with van der Waals surface area (Å²) in [5.74, 6) is -1.15. The monoisotopic (exact) mass is 373 g/mol. The average molecular weight is 374 g/mol. The second-order valence-corrected chi connectivity index (χ2v) is 13.2. The quantitative estimate of drug-likeness (QED) is 0.388. The number of carbonyl (C=O) groups excluding carboxylic acids is 1. The molecule has 0 N–H and O–H groups in total. The van der Waals surface area contributed by atoms with Gasteiger partial charge < -0.3 is 13.9 Å². The van der Waals surface area contributed by atoms with Crippen LogP contribution in [0.5, 0.6) is 0 Å². The molecule has 0 aromatic rings. The Kier molecular flexibility index (Phi) is 7.03. The summed E-state index contributed by atoms with van der Waals surface area (Å²) in [7, 11) is 0.948. The van der Waals surface area contributed by atoms with Gasteiger partial charge in [0.25, 0.3) is 5.91 Å². The molecule has 1 aliphatic heterocycles. The highest BCUT2D eigenvalue weighted by Crippen LogP contribution is 2.40. The van der Waals surface area contributed by atoms with Gasteiger partial charge in [-0.15, -0.1) is 6.58 Å². The Balaban J connectivity index is 3.13. The maximum absolute atomic E-state index is 12.7. The summed E-state index contributed by atoms with van der Waals surface area (Å²) in [5.41, 5.74) is 0. The number of amides is 1. The Morgan fingerprint density at radius 2 is 1.92 bits per heavy atom. The Morgan fingerprint density at radius 1 is 1.36 bits per heavy atom. The Hall–Kier alpha value is -0.733. The van der Waals surface area contributed by atoms with Crippen LogP contribution in [0.15, 0.2) is 12.7 Å². The number of rotatable bonds is 7. The highest BCUT2D eigenvalue weighted by molar-refractivity contribution is 6.74. The maximum atomic E-state index is 12.7. The Bertz CT molecular complexity index is 486. The van der Waals surface area contributed by atoms with Gasteiger partial charge in [0.2, 0.25) is 0 Å². The van der Waals surface area contributed by atoms with E-state index in [1.54, 1.807) is 27.0 Å². The minimum Gasteiger partial charge on any atom is -0.411 e. The number of ether oxygens (including phenoxy) is 2. The van der Waals surface area contributed by atoms with Crippen LogP contribution in [-0.4, -0.2) is 57.5 Å². The predicted molar refractivity (Wildman–Crippen MR) is 100 cm³/mol. The molecule has 0 spiro atoms. The molecule has 0 unspecified atom stereocenters. The van der Waals surface area contributed by atoms with Crippen molar-refractivity contribution in [2.75, 3.05) is 14.2 Å². The van der Waals surface area contributed by atoms with Crippen molar-refractivity contribution >= 4 is 14.2 Å². The summed E-state index contributed by atoms with van der Waals surface area (Å²) in [5, 5.41) is 1.21. The van der Waals surface area contributed by atoms with Crippen LogP contribution in [-0.2, 0) is 23.5 Å². The van der Waals surface area contributed by atoms with Gasteiger partial charge in [-0.05, 0) is 38.4 Å². The van der Waals surface area contributed by atoms with Crippen LogP contribution in [0, 0.1) is 0 Å². The molecule has 1 aliphatic rings. The molecule has 3 atom stereocenters. The second-order valence-electron chi connectivity index (χ2n) is 8.48. The maximum Gasteiger partial charge on any atom is 0.277 e. The van der Waals surface area contributed by atoms with E-state index in [0.717, 1.165) is 0 Å². The van der Waals surface area contributed by atoms with Gasteiger partial charge in [0.1, 0.15) is 6.10 Å². The highest BCUT2D eigenvalue weighted by Gasteiger charge is 2.51. The number of nitrogens with zero attached hydrogens (tertiary/aromatic N) is 1. The van der Waals surface area contributed by atoms with Gasteiger partial charge in [-0.2, -0.15) is 0 Å². The molecule has 0 saturated carbocycles. The summed E-state index contributed by atoms with van der Waals surface area (Å²) in [6.07, 6.45) is 0.770. The third-order valence-electron chi connectivity index (χ3n) is 4.97. The largest absolute Gasteiger partial charge is 0.411 e. The summed E-state index contributed by atoms with van der Waals surface area (Å²) >= 11 is 0. The normalized spacial score (nSPS) is 24.8. The molecule has 6 nitrogen and oxygen atoms in total. The zero-order valence-electron chi connectivity index (χ0n) is 17.2. The SMILES string of the molecule is C=CC[C@H](O[Si](C)(C)C(C)(C)C)[C@@H]1OC(C)(C)O[C@@H]1C(=O)N(C)OC. The summed E-state index contributed by atoms with van der Waals surface area (Å²) in [4.78, 5) is 17.7. The first-order valence-corrected chi connectivity index (χ1v) is 11.6. The number of hydroxylamine groups is 2. The number of carbonyl (C=O) groups is 1. The molecule has 1 fully saturated rings. The molecule has 146 valence electrons. The first-order chi connectivity index (χ1) is 11.3. The lowest BCUT2D eigenvalue weighted by atomic mass is 10.0. The van der Waals surface area contributed by atoms with Crippen molar-refractivity contribution in [1.82, 2.24) is 5.06 Å². The predicted octanol–water partition coefficient (Wildman–Crippen LogP) is 3.49. The Morgan fingerprint density at radius 3 is 2.36 bits per heavy atom. The van der Waals surface area contributed by atoms with Crippen LogP contribution in [0.2, 0.25) is 18.1 Å². The fourth-order valence-electron chi connectivity index (χ4n) is 2.49. The molecular weight excluding hydrogens is 338 g/mol. The van der Waals surface area contributed by atoms with Gasteiger partial charge in [-0.25, -0.2) is 5.06 Å². The van der Waals surface area contributed by atoms with E-state index in [0.29, 0.717) is 6.42 Å². The van der Waals surface area contributed by atoms with Gasteiger partial charge >= 0.3 is 0 Å². The molecule has 0 aliphatic carbocycles. The lowest BCUT2D eigenvalue weighted by Crippen LogP contribution is -2.52. The minimum atomic E-state index is -2.06. The molecule has 1 rings (SSSR count). The fourth-order valence-corrected chi connectivity index (χ4v) is 3.83. The van der Waals surface area contributed by atoms with E-state index < -0.39 is 26.3 Å². The van der Waals surface area contributed by atoms with Gasteiger partial charge in [0.05, 0.1) is 13.2 Å². The topological polar surface area (TPSA) is 57.2 Å². The highest BCUT2D eigenvalue weighted by atomic mass is 28.4. The van der Waals surface area contributed by atoms with Crippen molar-refractivity contribution in [2.45, 2.75) is 83.3 Å². The summed E-state index contributed by atoms with van der Waals surface area (Å²) in [6.45, 7) is 18.4. The van der Waals surface area contributed by atoms with Crippen molar-refractivity contribution in [3.8, 4) is 0 Å². The minimum absolute atomic E-state index is 0.0459. The molecule has 7 heteroatoms. The van der Waals surface area contributed by atoms with Crippen LogP contribution in [0.4, 0.5) is 0 Å². The lowest BCUT2D eigenvalue weighted by Gasteiger charge is -2.41. The molecule has 0 aromatic heterocycles. The molecule has 1 saturated heterocycles. The van der Waals surface area contributed by atoms with E-state index >= 15 is 0 Å². The van der Waals surface area contributed by atoms with E-state index in [2.05, 4.69) is 40.4 Å². The second kappa shape index (κ2) is 7.88. The number of hydrogen-bond acceptors (Lipinski definition) is 5. The molecule has 25 heavy (non-hydrogen) atoms. The molecule has 0 bridgehead atoms. The Labute approximate surface area is 153 Å². The van der Waals surface area contributed by atoms with Crippen molar-refractivity contribution in [2.24, 2.45) is 0 Å². The number of hydrogen-bond donors (Lipinski definition) is 0. The molecule has 0 aromatic carbocycles. The third kappa shape index (κ3) is 5.37. The van der Waals surface area contributed by atoms with Crippen LogP contribution in [0.1, 0.15) is 41.0 Å². The molecule has 0 radical (unpaired) electrons. The van der Waals surface area contributed by atoms with Crippen molar-refractivity contribution in [1.29, 1.82) is 0 Å². The van der Waals surface area contributed by atoms with Gasteiger partial charge in [0.15, 0.2) is 20.2 Å².